The number of aliphatic hydroxyl groups is 1. The molecule has 176 valence electrons. The Labute approximate surface area is 193 Å². The average Bonchev–Trinajstić information content (AvgIpc) is 3.17. The van der Waals surface area contributed by atoms with Crippen LogP contribution in [0.25, 0.3) is 11.4 Å². The number of anilines is 1. The van der Waals surface area contributed by atoms with E-state index < -0.39 is 38.6 Å². The number of nitrogen functional groups attached to an aromatic ring is 1. The number of phosphoric ester groups is 1. The van der Waals surface area contributed by atoms with Gasteiger partial charge in [0.05, 0.1) is 29.7 Å². The predicted octanol–water partition coefficient (Wildman–Crippen LogP) is 0.440. The van der Waals surface area contributed by atoms with E-state index in [0.29, 0.717) is 17.1 Å². The quantitative estimate of drug-likeness (QED) is 0.290. The summed E-state index contributed by atoms with van der Waals surface area (Å²) in [5.41, 5.74) is 7.15. The third-order valence-corrected chi connectivity index (χ3v) is 5.39. The molecule has 5 N–H and O–H groups in total. The zero-order valence-electron chi connectivity index (χ0n) is 17.6. The van der Waals surface area contributed by atoms with E-state index in [1.807, 2.05) is 12.1 Å². The second-order valence-corrected chi connectivity index (χ2v) is 8.56. The molecule has 34 heavy (non-hydrogen) atoms. The van der Waals surface area contributed by atoms with E-state index in [2.05, 4.69) is 31.3 Å². The van der Waals surface area contributed by atoms with Crippen LogP contribution in [0.1, 0.15) is 23.9 Å². The first-order valence-electron chi connectivity index (χ1n) is 10.0. The SMILES string of the molecule is Nc1nc(=O)n([C@H]2C[C@H](O)[C@@H](COP(=O)(O)O)O2)cc1C#Cc1cccc(-c2ccccn2)n1. The fourth-order valence-corrected chi connectivity index (χ4v) is 3.62. The number of nitrogens with two attached hydrogens (primary N) is 1. The molecule has 1 fully saturated rings. The van der Waals surface area contributed by atoms with E-state index in [1.54, 1.807) is 30.5 Å². The Kier molecular flexibility index (Phi) is 6.85. The minimum Gasteiger partial charge on any atom is -0.390 e. The smallest absolute Gasteiger partial charge is 0.390 e. The van der Waals surface area contributed by atoms with E-state index in [9.17, 15) is 14.5 Å². The van der Waals surface area contributed by atoms with Crippen LogP contribution in [-0.2, 0) is 13.8 Å². The van der Waals surface area contributed by atoms with Crippen molar-refractivity contribution < 1.29 is 28.7 Å². The van der Waals surface area contributed by atoms with Crippen LogP contribution in [0.15, 0.2) is 53.6 Å². The monoisotopic (exact) mass is 485 g/mol. The summed E-state index contributed by atoms with van der Waals surface area (Å²) in [4.78, 5) is 42.5. The van der Waals surface area contributed by atoms with E-state index in [-0.39, 0.29) is 17.8 Å². The molecule has 0 amide bonds. The molecule has 0 aromatic carbocycles. The molecule has 3 aromatic rings. The van der Waals surface area contributed by atoms with E-state index in [1.165, 1.54) is 6.20 Å². The van der Waals surface area contributed by atoms with Gasteiger partial charge in [0.15, 0.2) is 0 Å². The van der Waals surface area contributed by atoms with Crippen LogP contribution in [0.5, 0.6) is 0 Å². The Morgan fingerprint density at radius 3 is 2.71 bits per heavy atom. The number of hydrogen-bond donors (Lipinski definition) is 4. The van der Waals surface area contributed by atoms with Crippen molar-refractivity contribution in [2.45, 2.75) is 24.9 Å². The van der Waals surface area contributed by atoms with Crippen molar-refractivity contribution in [3.63, 3.8) is 0 Å². The van der Waals surface area contributed by atoms with Gasteiger partial charge in [-0.25, -0.2) is 14.3 Å². The van der Waals surface area contributed by atoms with Crippen molar-refractivity contribution in [1.82, 2.24) is 19.5 Å². The third-order valence-electron chi connectivity index (χ3n) is 4.90. The lowest BCUT2D eigenvalue weighted by molar-refractivity contribution is -0.0450. The largest absolute Gasteiger partial charge is 0.469 e. The van der Waals surface area contributed by atoms with Gasteiger partial charge in [-0.2, -0.15) is 4.98 Å². The molecule has 3 aromatic heterocycles. The molecule has 0 unspecified atom stereocenters. The molecule has 1 aliphatic rings. The van der Waals surface area contributed by atoms with Crippen LogP contribution in [0.3, 0.4) is 0 Å². The molecule has 0 radical (unpaired) electrons. The molecule has 4 rings (SSSR count). The summed E-state index contributed by atoms with van der Waals surface area (Å²) in [6.07, 6.45) is -0.127. The van der Waals surface area contributed by atoms with Gasteiger partial charge in [0.25, 0.3) is 0 Å². The van der Waals surface area contributed by atoms with Gasteiger partial charge in [-0.3, -0.25) is 14.1 Å². The van der Waals surface area contributed by atoms with Crippen LogP contribution in [0.2, 0.25) is 0 Å². The number of ether oxygens (including phenoxy) is 1. The highest BCUT2D eigenvalue weighted by Gasteiger charge is 2.37. The Bertz CT molecular complexity index is 1350. The molecular formula is C21H20N5O7P. The van der Waals surface area contributed by atoms with Crippen molar-refractivity contribution in [2.24, 2.45) is 0 Å². The van der Waals surface area contributed by atoms with Gasteiger partial charge in [0.1, 0.15) is 23.8 Å². The molecule has 0 spiro atoms. The normalized spacial score (nSPS) is 20.0. The topological polar surface area (TPSA) is 183 Å². The number of phosphoric acid groups is 1. The number of aromatic nitrogens is 4. The lowest BCUT2D eigenvalue weighted by Gasteiger charge is -2.16. The minimum atomic E-state index is -4.74. The highest BCUT2D eigenvalue weighted by atomic mass is 31.2. The zero-order chi connectivity index (χ0) is 24.3. The molecule has 1 aliphatic heterocycles. The highest BCUT2D eigenvalue weighted by Crippen LogP contribution is 2.38. The molecule has 0 aliphatic carbocycles. The molecule has 3 atom stereocenters. The summed E-state index contributed by atoms with van der Waals surface area (Å²) in [5.74, 6) is 5.63. The molecule has 4 heterocycles. The summed E-state index contributed by atoms with van der Waals surface area (Å²) in [6.45, 7) is -0.552. The molecular weight excluding hydrogens is 465 g/mol. The van der Waals surface area contributed by atoms with Crippen LogP contribution in [0.4, 0.5) is 5.82 Å². The highest BCUT2D eigenvalue weighted by molar-refractivity contribution is 7.46. The van der Waals surface area contributed by atoms with Crippen molar-refractivity contribution >= 4 is 13.6 Å². The number of pyridine rings is 2. The maximum Gasteiger partial charge on any atom is 0.469 e. The molecule has 0 saturated carbocycles. The van der Waals surface area contributed by atoms with Crippen molar-refractivity contribution in [3.8, 4) is 23.2 Å². The Morgan fingerprint density at radius 2 is 1.97 bits per heavy atom. The van der Waals surface area contributed by atoms with Gasteiger partial charge in [-0.15, -0.1) is 0 Å². The average molecular weight is 485 g/mol. The van der Waals surface area contributed by atoms with Crippen LogP contribution < -0.4 is 11.4 Å². The van der Waals surface area contributed by atoms with E-state index >= 15 is 0 Å². The van der Waals surface area contributed by atoms with Gasteiger partial charge >= 0.3 is 13.5 Å². The second-order valence-electron chi connectivity index (χ2n) is 7.32. The number of rotatable bonds is 5. The first-order valence-corrected chi connectivity index (χ1v) is 11.6. The lowest BCUT2D eigenvalue weighted by atomic mass is 10.2. The Morgan fingerprint density at radius 1 is 1.18 bits per heavy atom. The molecule has 0 bridgehead atoms. The number of nitrogens with zero attached hydrogens (tertiary/aromatic N) is 4. The summed E-state index contributed by atoms with van der Waals surface area (Å²) in [5, 5.41) is 10.1. The van der Waals surface area contributed by atoms with E-state index in [0.717, 1.165) is 4.57 Å². The first-order chi connectivity index (χ1) is 16.2. The zero-order valence-corrected chi connectivity index (χ0v) is 18.4. The van der Waals surface area contributed by atoms with Crippen LogP contribution in [-0.4, -0.2) is 53.2 Å². The van der Waals surface area contributed by atoms with Gasteiger partial charge in [-0.05, 0) is 30.2 Å². The maximum absolute atomic E-state index is 12.4. The maximum atomic E-state index is 12.4. The van der Waals surface area contributed by atoms with Gasteiger partial charge in [0.2, 0.25) is 0 Å². The Hall–Kier alpha value is -3.43. The Balaban J connectivity index is 1.57. The molecule has 12 nitrogen and oxygen atoms in total. The summed E-state index contributed by atoms with van der Waals surface area (Å²) < 4.78 is 22.0. The third kappa shape index (κ3) is 5.73. The van der Waals surface area contributed by atoms with Crippen LogP contribution in [0, 0.1) is 11.8 Å². The van der Waals surface area contributed by atoms with Crippen molar-refractivity contribution in [3.05, 3.63) is 70.5 Å². The fourth-order valence-electron chi connectivity index (χ4n) is 3.28. The number of hydrogen-bond acceptors (Lipinski definition) is 9. The van der Waals surface area contributed by atoms with Gasteiger partial charge in [-0.1, -0.05) is 18.1 Å². The standard InChI is InChI=1S/C21H20N5O7P/c22-20-13(7-8-14-4-3-6-16(24-14)15-5-1-2-9-23-15)11-26(21(28)25-20)19-10-17(27)18(33-19)12-32-34(29,30)31/h1-6,9,11,17-19,27H,10,12H2,(H2,22,25,28)(H2,29,30,31)/t17-,18+,19+/m0/s1. The van der Waals surface area contributed by atoms with Crippen LogP contribution >= 0.6 is 7.82 Å². The minimum absolute atomic E-state index is 0.0266. The molecule has 13 heteroatoms. The second kappa shape index (κ2) is 9.82. The summed E-state index contributed by atoms with van der Waals surface area (Å²) in [7, 11) is -4.74. The first kappa shape index (κ1) is 23.7. The number of aliphatic hydroxyl groups excluding tert-OH is 1. The predicted molar refractivity (Wildman–Crippen MR) is 119 cm³/mol. The molecule has 1 saturated heterocycles. The van der Waals surface area contributed by atoms with Crippen molar-refractivity contribution in [1.29, 1.82) is 0 Å². The van der Waals surface area contributed by atoms with E-state index in [4.69, 9.17) is 20.3 Å². The van der Waals surface area contributed by atoms with Gasteiger partial charge in [0, 0.05) is 18.8 Å². The summed E-state index contributed by atoms with van der Waals surface area (Å²) >= 11 is 0. The van der Waals surface area contributed by atoms with Gasteiger partial charge < -0.3 is 25.4 Å². The summed E-state index contributed by atoms with van der Waals surface area (Å²) in [6, 6.07) is 10.8. The lowest BCUT2D eigenvalue weighted by Crippen LogP contribution is -2.29. The fraction of sp³-hybridized carbons (Fsp3) is 0.238. The van der Waals surface area contributed by atoms with Crippen molar-refractivity contribution in [2.75, 3.05) is 12.3 Å².